The maximum Gasteiger partial charge on any atom is 0.323 e. The van der Waals surface area contributed by atoms with E-state index >= 15 is 0 Å². The molecule has 4 nitrogen and oxygen atoms in total. The number of rotatable bonds is 6. The van der Waals surface area contributed by atoms with Crippen molar-refractivity contribution in [2.45, 2.75) is 18.9 Å². The number of carbonyl (C=O) groups is 2. The number of amides is 1. The Labute approximate surface area is 143 Å². The minimum absolute atomic E-state index is 0.0161. The number of halogens is 2. The van der Waals surface area contributed by atoms with Crippen LogP contribution >= 0.6 is 0 Å². The summed E-state index contributed by atoms with van der Waals surface area (Å²) < 4.78 is 26.0. The first-order valence-electron chi connectivity index (χ1n) is 7.94. The molecule has 1 amide bonds. The van der Waals surface area contributed by atoms with Crippen LogP contribution in [0.3, 0.4) is 0 Å². The molecule has 6 heteroatoms. The zero-order valence-electron chi connectivity index (χ0n) is 13.4. The largest absolute Gasteiger partial charge is 0.480 e. The average molecular weight is 345 g/mol. The van der Waals surface area contributed by atoms with E-state index in [1.54, 1.807) is 12.1 Å². The van der Waals surface area contributed by atoms with Crippen molar-refractivity contribution in [1.82, 2.24) is 4.90 Å². The number of carboxylic acid groups (broad SMARTS) is 1. The predicted octanol–water partition coefficient (Wildman–Crippen LogP) is 3.18. The van der Waals surface area contributed by atoms with Crippen molar-refractivity contribution in [2.24, 2.45) is 5.92 Å². The van der Waals surface area contributed by atoms with E-state index in [9.17, 15) is 18.4 Å². The summed E-state index contributed by atoms with van der Waals surface area (Å²) in [6.45, 7) is -0.305. The summed E-state index contributed by atoms with van der Waals surface area (Å²) in [4.78, 5) is 25.0. The Morgan fingerprint density at radius 3 is 2.12 bits per heavy atom. The van der Waals surface area contributed by atoms with Gasteiger partial charge in [0.1, 0.15) is 18.2 Å². The molecule has 2 unspecified atom stereocenters. The Morgan fingerprint density at radius 1 is 1.00 bits per heavy atom. The van der Waals surface area contributed by atoms with Gasteiger partial charge in [0.05, 0.1) is 0 Å². The van der Waals surface area contributed by atoms with Gasteiger partial charge in [-0.05, 0) is 47.7 Å². The van der Waals surface area contributed by atoms with Gasteiger partial charge in [0.2, 0.25) is 5.91 Å². The Morgan fingerprint density at radius 2 is 1.56 bits per heavy atom. The summed E-state index contributed by atoms with van der Waals surface area (Å²) in [6, 6.07) is 11.6. The highest BCUT2D eigenvalue weighted by atomic mass is 19.1. The Kier molecular flexibility index (Phi) is 4.79. The van der Waals surface area contributed by atoms with Crippen molar-refractivity contribution in [3.8, 4) is 0 Å². The third kappa shape index (κ3) is 4.21. The molecule has 0 heterocycles. The number of hydrogen-bond donors (Lipinski definition) is 1. The molecule has 25 heavy (non-hydrogen) atoms. The van der Waals surface area contributed by atoms with Crippen LogP contribution in [-0.4, -0.2) is 28.4 Å². The van der Waals surface area contributed by atoms with Gasteiger partial charge in [-0.3, -0.25) is 9.59 Å². The third-order valence-corrected chi connectivity index (χ3v) is 4.33. The predicted molar refractivity (Wildman–Crippen MR) is 86.7 cm³/mol. The number of carboxylic acids is 1. The van der Waals surface area contributed by atoms with E-state index in [0.29, 0.717) is 12.0 Å². The fourth-order valence-electron chi connectivity index (χ4n) is 2.97. The van der Waals surface area contributed by atoms with Gasteiger partial charge in [-0.15, -0.1) is 0 Å². The number of benzene rings is 2. The highest BCUT2D eigenvalue weighted by molar-refractivity contribution is 5.86. The lowest BCUT2D eigenvalue weighted by atomic mass is 10.1. The maximum atomic E-state index is 13.0. The van der Waals surface area contributed by atoms with Crippen LogP contribution in [0.25, 0.3) is 0 Å². The van der Waals surface area contributed by atoms with E-state index in [0.717, 1.165) is 5.56 Å². The molecule has 0 radical (unpaired) electrons. The van der Waals surface area contributed by atoms with Crippen LogP contribution in [0.2, 0.25) is 0 Å². The zero-order chi connectivity index (χ0) is 18.0. The fraction of sp³-hybridized carbons (Fsp3) is 0.263. The summed E-state index contributed by atoms with van der Waals surface area (Å²) in [5, 5.41) is 9.08. The molecular formula is C19H17F2NO3. The van der Waals surface area contributed by atoms with Crippen molar-refractivity contribution in [3.63, 3.8) is 0 Å². The van der Waals surface area contributed by atoms with Gasteiger partial charge in [-0.1, -0.05) is 24.3 Å². The molecule has 0 spiro atoms. The fourth-order valence-corrected chi connectivity index (χ4v) is 2.97. The van der Waals surface area contributed by atoms with E-state index in [-0.39, 0.29) is 30.1 Å². The van der Waals surface area contributed by atoms with Gasteiger partial charge < -0.3 is 10.0 Å². The molecule has 0 aromatic heterocycles. The molecule has 2 atom stereocenters. The summed E-state index contributed by atoms with van der Waals surface area (Å²) in [6.07, 6.45) is 0.615. The van der Waals surface area contributed by atoms with Crippen molar-refractivity contribution < 1.29 is 23.5 Å². The minimum Gasteiger partial charge on any atom is -0.480 e. The van der Waals surface area contributed by atoms with Gasteiger partial charge in [-0.2, -0.15) is 0 Å². The molecule has 3 rings (SSSR count). The number of nitrogens with zero attached hydrogens (tertiary/aromatic N) is 1. The van der Waals surface area contributed by atoms with Crippen LogP contribution < -0.4 is 0 Å². The summed E-state index contributed by atoms with van der Waals surface area (Å²) in [7, 11) is 0. The third-order valence-electron chi connectivity index (χ3n) is 4.33. The average Bonchev–Trinajstić information content (AvgIpc) is 3.36. The molecule has 1 aliphatic carbocycles. The monoisotopic (exact) mass is 345 g/mol. The second-order valence-corrected chi connectivity index (χ2v) is 6.21. The molecule has 0 aliphatic heterocycles. The van der Waals surface area contributed by atoms with Crippen molar-refractivity contribution in [2.75, 3.05) is 6.54 Å². The summed E-state index contributed by atoms with van der Waals surface area (Å²) in [5.74, 6) is -2.40. The lowest BCUT2D eigenvalue weighted by Gasteiger charge is -2.21. The molecule has 2 aromatic rings. The van der Waals surface area contributed by atoms with E-state index in [2.05, 4.69) is 0 Å². The van der Waals surface area contributed by atoms with Crippen molar-refractivity contribution in [1.29, 1.82) is 0 Å². The van der Waals surface area contributed by atoms with Gasteiger partial charge in [0.15, 0.2) is 0 Å². The van der Waals surface area contributed by atoms with E-state index in [4.69, 9.17) is 5.11 Å². The van der Waals surface area contributed by atoms with E-state index in [1.165, 1.54) is 41.3 Å². The Hall–Kier alpha value is -2.76. The second-order valence-electron chi connectivity index (χ2n) is 6.21. The molecule has 1 saturated carbocycles. The first-order valence-corrected chi connectivity index (χ1v) is 7.94. The van der Waals surface area contributed by atoms with Crippen molar-refractivity contribution in [3.05, 3.63) is 71.3 Å². The van der Waals surface area contributed by atoms with Gasteiger partial charge >= 0.3 is 5.97 Å². The number of hydrogen-bond acceptors (Lipinski definition) is 2. The first kappa shape index (κ1) is 17.1. The molecule has 2 aromatic carbocycles. The van der Waals surface area contributed by atoms with E-state index < -0.39 is 18.3 Å². The normalized spacial score (nSPS) is 18.6. The minimum atomic E-state index is -1.10. The second kappa shape index (κ2) is 7.01. The van der Waals surface area contributed by atoms with Crippen LogP contribution in [0.5, 0.6) is 0 Å². The Balaban J connectivity index is 1.70. The van der Waals surface area contributed by atoms with Gasteiger partial charge in [-0.25, -0.2) is 8.78 Å². The molecule has 0 saturated heterocycles. The standard InChI is InChI=1S/C19H17F2NO3/c20-14-5-1-12(2-6-14)10-22(11-18(23)24)19(25)17-9-16(17)13-3-7-15(21)8-4-13/h1-8,16-17H,9-11H2,(H,23,24). The van der Waals surface area contributed by atoms with Crippen LogP contribution in [0.15, 0.2) is 48.5 Å². The highest BCUT2D eigenvalue weighted by Crippen LogP contribution is 2.48. The molecule has 1 fully saturated rings. The summed E-state index contributed by atoms with van der Waals surface area (Å²) >= 11 is 0. The van der Waals surface area contributed by atoms with Crippen LogP contribution in [0.1, 0.15) is 23.5 Å². The molecule has 1 aliphatic rings. The van der Waals surface area contributed by atoms with Gasteiger partial charge in [0.25, 0.3) is 0 Å². The van der Waals surface area contributed by atoms with Gasteiger partial charge in [0, 0.05) is 12.5 Å². The molecule has 0 bridgehead atoms. The van der Waals surface area contributed by atoms with E-state index in [1.807, 2.05) is 0 Å². The lowest BCUT2D eigenvalue weighted by molar-refractivity contribution is -0.145. The molecular weight excluding hydrogens is 328 g/mol. The SMILES string of the molecule is O=C(O)CN(Cc1ccc(F)cc1)C(=O)C1CC1c1ccc(F)cc1. The lowest BCUT2D eigenvalue weighted by Crippen LogP contribution is -2.36. The van der Waals surface area contributed by atoms with Crippen molar-refractivity contribution >= 4 is 11.9 Å². The highest BCUT2D eigenvalue weighted by Gasteiger charge is 2.46. The zero-order valence-corrected chi connectivity index (χ0v) is 13.4. The smallest absolute Gasteiger partial charge is 0.323 e. The topological polar surface area (TPSA) is 57.6 Å². The van der Waals surface area contributed by atoms with Crippen LogP contribution in [0, 0.1) is 17.6 Å². The summed E-state index contributed by atoms with van der Waals surface area (Å²) in [5.41, 5.74) is 1.53. The quantitative estimate of drug-likeness (QED) is 0.875. The number of aliphatic carboxylic acids is 1. The van der Waals surface area contributed by atoms with Crippen LogP contribution in [-0.2, 0) is 16.1 Å². The van der Waals surface area contributed by atoms with Crippen LogP contribution in [0.4, 0.5) is 8.78 Å². The number of carbonyl (C=O) groups excluding carboxylic acids is 1. The Bertz CT molecular complexity index is 774. The first-order chi connectivity index (χ1) is 11.9. The molecule has 130 valence electrons. The maximum absolute atomic E-state index is 13.0. The molecule has 1 N–H and O–H groups in total.